The third-order valence-electron chi connectivity index (χ3n) is 7.23. The van der Waals surface area contributed by atoms with Gasteiger partial charge in [-0.1, -0.05) is 26.2 Å². The average Bonchev–Trinajstić information content (AvgIpc) is 3.12. The average molecular weight is 547 g/mol. The summed E-state index contributed by atoms with van der Waals surface area (Å²) in [5.74, 6) is -4.13. The number of halogens is 2. The molecule has 3 rings (SSSR count). The lowest BCUT2D eigenvalue weighted by molar-refractivity contribution is -0.144. The van der Waals surface area contributed by atoms with Crippen LogP contribution in [0.5, 0.6) is 0 Å². The van der Waals surface area contributed by atoms with Crippen LogP contribution < -0.4 is 16.4 Å². The van der Waals surface area contributed by atoms with E-state index in [9.17, 15) is 24.0 Å². The zero-order valence-electron chi connectivity index (χ0n) is 21.1. The summed E-state index contributed by atoms with van der Waals surface area (Å²) in [6, 6.07) is -3.07. The molecule has 12 heteroatoms. The van der Waals surface area contributed by atoms with Gasteiger partial charge in [0.1, 0.15) is 22.0 Å². The number of hydrogen-bond donors (Lipinski definition) is 3. The van der Waals surface area contributed by atoms with Crippen molar-refractivity contribution in [2.24, 2.45) is 23.5 Å². The van der Waals surface area contributed by atoms with E-state index in [0.29, 0.717) is 0 Å². The highest BCUT2D eigenvalue weighted by atomic mass is 35.5. The number of nitrogens with zero attached hydrogens (tertiary/aromatic N) is 1. The molecule has 0 spiro atoms. The Kier molecular flexibility index (Phi) is 8.50. The van der Waals surface area contributed by atoms with Crippen molar-refractivity contribution in [3.05, 3.63) is 0 Å². The number of ether oxygens (including phenoxy) is 1. The van der Waals surface area contributed by atoms with Crippen LogP contribution in [0.15, 0.2) is 0 Å². The van der Waals surface area contributed by atoms with Crippen LogP contribution >= 0.6 is 23.2 Å². The van der Waals surface area contributed by atoms with Gasteiger partial charge in [0, 0.05) is 18.4 Å². The maximum atomic E-state index is 13.9. The number of rotatable bonds is 8. The highest BCUT2D eigenvalue weighted by molar-refractivity contribution is 6.51. The Hall–Kier alpha value is -2.07. The molecule has 0 radical (unpaired) electrons. The van der Waals surface area contributed by atoms with Gasteiger partial charge in [-0.2, -0.15) is 0 Å². The molecule has 0 aromatic heterocycles. The third kappa shape index (κ3) is 6.07. The summed E-state index contributed by atoms with van der Waals surface area (Å²) in [5.41, 5.74) is 4.36. The first kappa shape index (κ1) is 28.5. The van der Waals surface area contributed by atoms with E-state index in [0.717, 1.165) is 32.1 Å². The fourth-order valence-corrected chi connectivity index (χ4v) is 6.20. The monoisotopic (exact) mass is 546 g/mol. The lowest BCUT2D eigenvalue weighted by atomic mass is 9.83. The maximum absolute atomic E-state index is 13.9. The highest BCUT2D eigenvalue weighted by Gasteiger charge is 2.74. The quantitative estimate of drug-likeness (QED) is 0.313. The Labute approximate surface area is 221 Å². The number of nitrogens with one attached hydrogen (secondary N) is 2. The molecular weight excluding hydrogens is 511 g/mol. The van der Waals surface area contributed by atoms with Crippen molar-refractivity contribution in [3.63, 3.8) is 0 Å². The minimum absolute atomic E-state index is 0.115. The second-order valence-electron chi connectivity index (χ2n) is 11.0. The molecule has 0 unspecified atom stereocenters. The number of nitrogens with two attached hydrogens (primary N) is 1. The van der Waals surface area contributed by atoms with Crippen molar-refractivity contribution in [1.82, 2.24) is 15.5 Å². The number of ketones is 1. The topological polar surface area (TPSA) is 148 Å². The van der Waals surface area contributed by atoms with Gasteiger partial charge in [0.15, 0.2) is 0 Å². The van der Waals surface area contributed by atoms with Crippen molar-refractivity contribution in [1.29, 1.82) is 0 Å². The summed E-state index contributed by atoms with van der Waals surface area (Å²) in [7, 11) is 0. The SMILES string of the molecule is CC[C@H](NC(=O)[C@@H]1[C@@H]2[C@H](CN1C(=O)[C@@H](NC(=O)OC(C)(C)C)C1CCCCC1)C2(Cl)Cl)C(=O)C(N)=O. The number of fused-ring (bicyclic) bond motifs is 1. The van der Waals surface area contributed by atoms with E-state index >= 15 is 0 Å². The Morgan fingerprint density at radius 1 is 1.08 bits per heavy atom. The third-order valence-corrected chi connectivity index (χ3v) is 8.29. The molecule has 5 atom stereocenters. The van der Waals surface area contributed by atoms with E-state index in [1.165, 1.54) is 4.90 Å². The van der Waals surface area contributed by atoms with Gasteiger partial charge in [0.25, 0.3) is 5.91 Å². The van der Waals surface area contributed by atoms with Gasteiger partial charge >= 0.3 is 6.09 Å². The lowest BCUT2D eigenvalue weighted by Crippen LogP contribution is -2.59. The summed E-state index contributed by atoms with van der Waals surface area (Å²) < 4.78 is 4.21. The normalized spacial score (nSPS) is 26.8. The van der Waals surface area contributed by atoms with Gasteiger partial charge in [-0.25, -0.2) is 4.79 Å². The smallest absolute Gasteiger partial charge is 0.408 e. The van der Waals surface area contributed by atoms with Crippen molar-refractivity contribution in [2.75, 3.05) is 6.54 Å². The predicted molar refractivity (Wildman–Crippen MR) is 133 cm³/mol. The van der Waals surface area contributed by atoms with E-state index in [4.69, 9.17) is 33.7 Å². The minimum Gasteiger partial charge on any atom is -0.444 e. The molecule has 0 aromatic carbocycles. The molecular formula is C24H36Cl2N4O6. The fourth-order valence-electron chi connectivity index (χ4n) is 5.38. The number of amides is 4. The first-order valence-electron chi connectivity index (χ1n) is 12.5. The van der Waals surface area contributed by atoms with Gasteiger partial charge in [-0.15, -0.1) is 23.2 Å². The minimum atomic E-state index is -1.19. The van der Waals surface area contributed by atoms with Gasteiger partial charge in [-0.3, -0.25) is 19.2 Å². The molecule has 3 aliphatic rings. The molecule has 3 fully saturated rings. The first-order chi connectivity index (χ1) is 16.7. The Balaban J connectivity index is 1.84. The van der Waals surface area contributed by atoms with Crippen molar-refractivity contribution in [3.8, 4) is 0 Å². The number of carbonyl (C=O) groups excluding carboxylic acids is 5. The lowest BCUT2D eigenvalue weighted by Gasteiger charge is -2.36. The molecule has 10 nitrogen and oxygen atoms in total. The Morgan fingerprint density at radius 3 is 2.22 bits per heavy atom. The van der Waals surface area contributed by atoms with Crippen LogP contribution in [-0.2, 0) is 23.9 Å². The molecule has 4 N–H and O–H groups in total. The summed E-state index contributed by atoms with van der Waals surface area (Å²) in [4.78, 5) is 64.8. The summed E-state index contributed by atoms with van der Waals surface area (Å²) in [6.07, 6.45) is 3.85. The highest BCUT2D eigenvalue weighted by Crippen LogP contribution is 2.65. The molecule has 2 aliphatic carbocycles. The number of hydrogen-bond acceptors (Lipinski definition) is 6. The van der Waals surface area contributed by atoms with Crippen LogP contribution in [0.25, 0.3) is 0 Å². The summed E-state index contributed by atoms with van der Waals surface area (Å²) in [5, 5.41) is 5.30. The zero-order chi connectivity index (χ0) is 27.0. The largest absolute Gasteiger partial charge is 0.444 e. The van der Waals surface area contributed by atoms with Gasteiger partial charge < -0.3 is 26.0 Å². The van der Waals surface area contributed by atoms with Crippen molar-refractivity contribution >= 4 is 52.8 Å². The number of likely N-dealkylation sites (tertiary alicyclic amines) is 1. The van der Waals surface area contributed by atoms with Crippen molar-refractivity contribution < 1.29 is 28.7 Å². The number of Topliss-reactive ketones (excluding diaryl/α,β-unsaturated/α-hetero) is 1. The Bertz CT molecular complexity index is 915. The van der Waals surface area contributed by atoms with Crippen LogP contribution in [0, 0.1) is 17.8 Å². The van der Waals surface area contributed by atoms with E-state index in [2.05, 4.69) is 10.6 Å². The number of alkyl carbamates (subject to hydrolysis) is 1. The number of piperidine rings is 1. The first-order valence-corrected chi connectivity index (χ1v) is 13.3. The predicted octanol–water partition coefficient (Wildman–Crippen LogP) is 2.04. The number of primary amides is 1. The molecule has 1 saturated heterocycles. The van der Waals surface area contributed by atoms with Crippen LogP contribution in [0.4, 0.5) is 4.79 Å². The zero-order valence-corrected chi connectivity index (χ0v) is 22.7. The van der Waals surface area contributed by atoms with Crippen LogP contribution in [0.1, 0.15) is 66.2 Å². The van der Waals surface area contributed by atoms with Gasteiger partial charge in [0.2, 0.25) is 17.6 Å². The standard InChI is InChI=1S/C24H36Cl2N4O6/c1-5-14(18(31)19(27)32)28-20(33)17-15-13(24(15,25)26)11-30(17)21(34)16(12-9-7-6-8-10-12)29-22(35)36-23(2,3)4/h12-17H,5-11H2,1-4H3,(H2,27,32)(H,28,33)(H,29,35)/t13-,14-,15-,16-,17-/m0/s1. The maximum Gasteiger partial charge on any atom is 0.408 e. The summed E-state index contributed by atoms with van der Waals surface area (Å²) in [6.45, 7) is 6.96. The van der Waals surface area contributed by atoms with Crippen LogP contribution in [-0.4, -0.2) is 69.1 Å². The molecule has 202 valence electrons. The molecule has 4 amide bonds. The molecule has 2 saturated carbocycles. The molecule has 1 aliphatic heterocycles. The van der Waals surface area contributed by atoms with E-state index in [1.807, 2.05) is 0 Å². The number of alkyl halides is 2. The fraction of sp³-hybridized carbons (Fsp3) is 0.792. The number of carbonyl (C=O) groups is 5. The van der Waals surface area contributed by atoms with Crippen LogP contribution in [0.3, 0.4) is 0 Å². The van der Waals surface area contributed by atoms with E-state index in [-0.39, 0.29) is 24.8 Å². The van der Waals surface area contributed by atoms with E-state index in [1.54, 1.807) is 27.7 Å². The second kappa shape index (κ2) is 10.7. The molecule has 1 heterocycles. The van der Waals surface area contributed by atoms with Crippen LogP contribution in [0.2, 0.25) is 0 Å². The van der Waals surface area contributed by atoms with Gasteiger partial charge in [0.05, 0.1) is 6.04 Å². The Morgan fingerprint density at radius 2 is 1.69 bits per heavy atom. The molecule has 0 bridgehead atoms. The van der Waals surface area contributed by atoms with Crippen molar-refractivity contribution in [2.45, 2.75) is 94.3 Å². The van der Waals surface area contributed by atoms with E-state index < -0.39 is 63.6 Å². The van der Waals surface area contributed by atoms with Gasteiger partial charge in [-0.05, 0) is 46.0 Å². The molecule has 0 aromatic rings. The molecule has 36 heavy (non-hydrogen) atoms. The summed E-state index contributed by atoms with van der Waals surface area (Å²) >= 11 is 12.8. The second-order valence-corrected chi connectivity index (χ2v) is 12.4.